The molecule has 2 aliphatic rings. The van der Waals surface area contributed by atoms with Gasteiger partial charge in [-0.05, 0) is 30.9 Å². The molecule has 2 aromatic rings. The molecule has 9 nitrogen and oxygen atoms in total. The van der Waals surface area contributed by atoms with Crippen molar-refractivity contribution in [2.75, 3.05) is 19.3 Å². The van der Waals surface area contributed by atoms with Gasteiger partial charge in [0.05, 0.1) is 0 Å². The van der Waals surface area contributed by atoms with Gasteiger partial charge in [0.25, 0.3) is 5.91 Å². The first-order valence-electron chi connectivity index (χ1n) is 11.3. The standard InChI is InChI=1S/C23H26F2N4O5S/c1-3-14-12-27-21(28-13-14)23(34-18-10-17(25)19(11-16(18)24)35(2,32)33)6-4-8-29(22(23)31)15-5-7-26-20(30)9-15/h10-13,15H,3-9H2,1-2H3,(H,26,30)/t15?,23-/m1/s1. The van der Waals surface area contributed by atoms with Crippen molar-refractivity contribution in [3.8, 4) is 5.75 Å². The highest BCUT2D eigenvalue weighted by Crippen LogP contribution is 2.39. The van der Waals surface area contributed by atoms with Crippen molar-refractivity contribution in [1.82, 2.24) is 20.2 Å². The van der Waals surface area contributed by atoms with Gasteiger partial charge in [0.15, 0.2) is 27.2 Å². The van der Waals surface area contributed by atoms with E-state index in [-0.39, 0.29) is 30.6 Å². The van der Waals surface area contributed by atoms with Crippen LogP contribution in [-0.2, 0) is 31.4 Å². The Hall–Kier alpha value is -3.15. The molecular weight excluding hydrogens is 482 g/mol. The van der Waals surface area contributed by atoms with E-state index in [0.29, 0.717) is 44.5 Å². The second-order valence-corrected chi connectivity index (χ2v) is 10.8. The number of halogens is 2. The number of sulfone groups is 1. The third-order valence-electron chi connectivity index (χ3n) is 6.34. The van der Waals surface area contributed by atoms with E-state index in [0.717, 1.165) is 11.8 Å². The first-order chi connectivity index (χ1) is 16.5. The van der Waals surface area contributed by atoms with Crippen LogP contribution in [0.3, 0.4) is 0 Å². The summed E-state index contributed by atoms with van der Waals surface area (Å²) in [5, 5.41) is 2.73. The molecule has 0 bridgehead atoms. The van der Waals surface area contributed by atoms with Crippen LogP contribution < -0.4 is 10.1 Å². The van der Waals surface area contributed by atoms with Crippen molar-refractivity contribution in [1.29, 1.82) is 0 Å². The number of nitrogens with zero attached hydrogens (tertiary/aromatic N) is 3. The molecule has 4 rings (SSSR count). The van der Waals surface area contributed by atoms with Crippen molar-refractivity contribution in [2.45, 2.75) is 55.6 Å². The highest BCUT2D eigenvalue weighted by molar-refractivity contribution is 7.90. The van der Waals surface area contributed by atoms with Crippen LogP contribution >= 0.6 is 0 Å². The summed E-state index contributed by atoms with van der Waals surface area (Å²) in [5.74, 6) is -3.73. The van der Waals surface area contributed by atoms with Gasteiger partial charge >= 0.3 is 0 Å². The second-order valence-electron chi connectivity index (χ2n) is 8.78. The minimum Gasteiger partial charge on any atom is -0.466 e. The van der Waals surface area contributed by atoms with Gasteiger partial charge in [-0.2, -0.15) is 0 Å². The molecule has 2 aliphatic heterocycles. The number of amides is 2. The maximum Gasteiger partial charge on any atom is 0.275 e. The minimum atomic E-state index is -4.03. The van der Waals surface area contributed by atoms with Gasteiger partial charge in [-0.1, -0.05) is 6.92 Å². The van der Waals surface area contributed by atoms with Gasteiger partial charge in [-0.3, -0.25) is 9.59 Å². The number of hydrogen-bond acceptors (Lipinski definition) is 7. The van der Waals surface area contributed by atoms with Crippen LogP contribution in [0.1, 0.15) is 44.0 Å². The molecule has 12 heteroatoms. The molecule has 2 fully saturated rings. The van der Waals surface area contributed by atoms with Crippen LogP contribution in [0, 0.1) is 11.6 Å². The third kappa shape index (κ3) is 4.84. The zero-order valence-corrected chi connectivity index (χ0v) is 20.2. The summed E-state index contributed by atoms with van der Waals surface area (Å²) >= 11 is 0. The van der Waals surface area contributed by atoms with E-state index in [4.69, 9.17) is 4.74 Å². The van der Waals surface area contributed by atoms with E-state index in [9.17, 15) is 26.8 Å². The molecule has 3 heterocycles. The van der Waals surface area contributed by atoms with Gasteiger partial charge in [0.2, 0.25) is 11.5 Å². The number of aryl methyl sites for hydroxylation is 1. The maximum absolute atomic E-state index is 15.0. The Bertz CT molecular complexity index is 1260. The van der Waals surface area contributed by atoms with Crippen LogP contribution in [0.4, 0.5) is 8.78 Å². The molecule has 2 saturated heterocycles. The number of likely N-dealkylation sites (tertiary alicyclic amines) is 1. The summed E-state index contributed by atoms with van der Waals surface area (Å²) in [5.41, 5.74) is -1.07. The molecule has 1 aromatic carbocycles. The summed E-state index contributed by atoms with van der Waals surface area (Å²) in [4.78, 5) is 35.2. The lowest BCUT2D eigenvalue weighted by Gasteiger charge is -2.44. The largest absolute Gasteiger partial charge is 0.466 e. The Morgan fingerprint density at radius 3 is 2.54 bits per heavy atom. The summed E-state index contributed by atoms with van der Waals surface area (Å²) in [6, 6.07) is 0.767. The first-order valence-corrected chi connectivity index (χ1v) is 13.2. The number of carbonyl (C=O) groups is 2. The summed E-state index contributed by atoms with van der Waals surface area (Å²) in [6.45, 7) is 2.68. The Kier molecular flexibility index (Phi) is 6.76. The lowest BCUT2D eigenvalue weighted by Crippen LogP contribution is -2.60. The highest BCUT2D eigenvalue weighted by atomic mass is 32.2. The van der Waals surface area contributed by atoms with Crippen molar-refractivity contribution in [3.63, 3.8) is 0 Å². The predicted octanol–water partition coefficient (Wildman–Crippen LogP) is 1.90. The number of carbonyl (C=O) groups excluding carboxylic acids is 2. The topological polar surface area (TPSA) is 119 Å². The number of benzene rings is 1. The normalized spacial score (nSPS) is 23.2. The summed E-state index contributed by atoms with van der Waals surface area (Å²) < 4.78 is 59.1. The fraction of sp³-hybridized carbons (Fsp3) is 0.478. The van der Waals surface area contributed by atoms with Crippen molar-refractivity contribution >= 4 is 21.7 Å². The average Bonchev–Trinajstić information content (AvgIpc) is 2.82. The monoisotopic (exact) mass is 508 g/mol. The maximum atomic E-state index is 15.0. The number of hydrogen-bond donors (Lipinski definition) is 1. The van der Waals surface area contributed by atoms with Crippen LogP contribution in [-0.4, -0.2) is 60.5 Å². The predicted molar refractivity (Wildman–Crippen MR) is 120 cm³/mol. The van der Waals surface area contributed by atoms with E-state index in [1.165, 1.54) is 17.3 Å². The zero-order valence-electron chi connectivity index (χ0n) is 19.4. The molecule has 35 heavy (non-hydrogen) atoms. The van der Waals surface area contributed by atoms with Crippen molar-refractivity contribution < 1.29 is 31.5 Å². The number of nitrogens with one attached hydrogen (secondary N) is 1. The summed E-state index contributed by atoms with van der Waals surface area (Å²) in [6.07, 6.45) is 5.67. The van der Waals surface area contributed by atoms with Gasteiger partial charge in [-0.25, -0.2) is 27.2 Å². The number of aromatic nitrogens is 2. The fourth-order valence-corrected chi connectivity index (χ4v) is 5.20. The highest BCUT2D eigenvalue weighted by Gasteiger charge is 2.52. The zero-order chi connectivity index (χ0) is 25.4. The quantitative estimate of drug-likeness (QED) is 0.633. The Balaban J connectivity index is 1.79. The van der Waals surface area contributed by atoms with Crippen LogP contribution in [0.2, 0.25) is 0 Å². The van der Waals surface area contributed by atoms with Crippen molar-refractivity contribution in [2.24, 2.45) is 0 Å². The van der Waals surface area contributed by atoms with Crippen LogP contribution in [0.15, 0.2) is 29.4 Å². The Labute approximate surface area is 201 Å². The molecule has 0 aliphatic carbocycles. The average molecular weight is 509 g/mol. The van der Waals surface area contributed by atoms with E-state index in [1.54, 1.807) is 0 Å². The molecular formula is C23H26F2N4O5S. The molecule has 0 spiro atoms. The molecule has 1 aromatic heterocycles. The minimum absolute atomic E-state index is 0.0170. The summed E-state index contributed by atoms with van der Waals surface area (Å²) in [7, 11) is -4.03. The van der Waals surface area contributed by atoms with E-state index in [2.05, 4.69) is 15.3 Å². The number of rotatable bonds is 6. The Morgan fingerprint density at radius 1 is 1.20 bits per heavy atom. The second kappa shape index (κ2) is 9.48. The molecule has 0 radical (unpaired) electrons. The lowest BCUT2D eigenvalue weighted by atomic mass is 9.87. The lowest BCUT2D eigenvalue weighted by molar-refractivity contribution is -0.160. The number of ether oxygens (including phenoxy) is 1. The van der Waals surface area contributed by atoms with Crippen LogP contribution in [0.25, 0.3) is 0 Å². The van der Waals surface area contributed by atoms with Gasteiger partial charge in [-0.15, -0.1) is 0 Å². The molecule has 0 saturated carbocycles. The fourth-order valence-electron chi connectivity index (χ4n) is 4.47. The first kappa shape index (κ1) is 25.0. The SMILES string of the molecule is CCc1cnc([C@]2(Oc3cc(F)c(S(C)(=O)=O)cc3F)CCCN(C3CCNC(=O)C3)C2=O)nc1. The van der Waals surface area contributed by atoms with Gasteiger partial charge in [0.1, 0.15) is 10.7 Å². The molecule has 2 atom stereocenters. The van der Waals surface area contributed by atoms with E-state index in [1.807, 2.05) is 6.92 Å². The number of piperidine rings is 2. The van der Waals surface area contributed by atoms with Crippen molar-refractivity contribution in [3.05, 3.63) is 47.5 Å². The van der Waals surface area contributed by atoms with E-state index < -0.39 is 43.6 Å². The van der Waals surface area contributed by atoms with Gasteiger partial charge < -0.3 is 15.0 Å². The van der Waals surface area contributed by atoms with Gasteiger partial charge in [0, 0.05) is 56.7 Å². The van der Waals surface area contributed by atoms with E-state index >= 15 is 0 Å². The molecule has 1 unspecified atom stereocenters. The Morgan fingerprint density at radius 2 is 1.91 bits per heavy atom. The molecule has 188 valence electrons. The molecule has 1 N–H and O–H groups in total. The molecule has 2 amide bonds. The smallest absolute Gasteiger partial charge is 0.275 e. The third-order valence-corrected chi connectivity index (χ3v) is 7.45. The van der Waals surface area contributed by atoms with Crippen LogP contribution in [0.5, 0.6) is 5.75 Å².